The van der Waals surface area contributed by atoms with Crippen LogP contribution in [0, 0.1) is 0 Å². The maximum Gasteiger partial charge on any atom is 0.278 e. The number of hydrogen-bond acceptors (Lipinski definition) is 5. The number of nitrogens with zero attached hydrogens (tertiary/aromatic N) is 5. The number of anilines is 1. The smallest absolute Gasteiger partial charge is 0.278 e. The van der Waals surface area contributed by atoms with E-state index >= 15 is 0 Å². The summed E-state index contributed by atoms with van der Waals surface area (Å²) in [5.41, 5.74) is 1.16. The molecule has 0 saturated carbocycles. The summed E-state index contributed by atoms with van der Waals surface area (Å²) in [5, 5.41) is 11.8. The van der Waals surface area contributed by atoms with Crippen molar-refractivity contribution in [1.82, 2.24) is 24.5 Å². The Balaban J connectivity index is 1.64. The second kappa shape index (κ2) is 7.64. The third kappa shape index (κ3) is 4.36. The van der Waals surface area contributed by atoms with Crippen molar-refractivity contribution in [2.75, 3.05) is 12.4 Å². The zero-order valence-corrected chi connectivity index (χ0v) is 14.7. The number of carbonyl (C=O) groups excluding carboxylic acids is 1. The quantitative estimate of drug-likeness (QED) is 0.710. The molecule has 0 radical (unpaired) electrons. The molecule has 3 rings (SSSR count). The Morgan fingerprint density at radius 2 is 2.04 bits per heavy atom. The number of hydrogen-bond donors (Lipinski definition) is 1. The van der Waals surface area contributed by atoms with Crippen molar-refractivity contribution in [1.29, 1.82) is 0 Å². The lowest BCUT2D eigenvalue weighted by atomic mass is 10.2. The molecule has 1 aromatic carbocycles. The monoisotopic (exact) mass is 380 g/mol. The molecule has 0 atom stereocenters. The van der Waals surface area contributed by atoms with E-state index < -0.39 is 5.91 Å². The molecule has 25 heavy (non-hydrogen) atoms. The average molecular weight is 381 g/mol. The number of methoxy groups -OCH3 is 1. The molecule has 10 heteroatoms. The standard InChI is InChI=1S/C15H14Cl2N6O2/c1-25-9-22-5-4-13(20-22)14(24)19-15-18-8-23(21-15)7-10-2-3-11(16)12(17)6-10/h2-6,8H,7,9H2,1H3,(H,19,21,24). The lowest BCUT2D eigenvalue weighted by molar-refractivity contribution is 0.101. The number of aromatic nitrogens is 5. The Kier molecular flexibility index (Phi) is 5.32. The minimum atomic E-state index is -0.401. The van der Waals surface area contributed by atoms with Gasteiger partial charge in [0.25, 0.3) is 5.91 Å². The average Bonchev–Trinajstić information content (AvgIpc) is 3.21. The maximum atomic E-state index is 12.1. The van der Waals surface area contributed by atoms with Gasteiger partial charge in [0.15, 0.2) is 5.69 Å². The lowest BCUT2D eigenvalue weighted by Crippen LogP contribution is -2.15. The first kappa shape index (κ1) is 17.4. The fourth-order valence-electron chi connectivity index (χ4n) is 2.11. The zero-order valence-electron chi connectivity index (χ0n) is 13.2. The highest BCUT2D eigenvalue weighted by Crippen LogP contribution is 2.22. The van der Waals surface area contributed by atoms with Crippen LogP contribution in [-0.4, -0.2) is 37.6 Å². The molecule has 0 saturated heterocycles. The summed E-state index contributed by atoms with van der Waals surface area (Å²) < 4.78 is 8.03. The second-order valence-electron chi connectivity index (χ2n) is 5.13. The topological polar surface area (TPSA) is 86.9 Å². The van der Waals surface area contributed by atoms with Gasteiger partial charge in [0.1, 0.15) is 13.1 Å². The maximum absolute atomic E-state index is 12.1. The molecule has 0 fully saturated rings. The Morgan fingerprint density at radius 3 is 2.80 bits per heavy atom. The van der Waals surface area contributed by atoms with Gasteiger partial charge in [0.05, 0.1) is 16.6 Å². The zero-order chi connectivity index (χ0) is 17.8. The van der Waals surface area contributed by atoms with Crippen LogP contribution < -0.4 is 5.32 Å². The van der Waals surface area contributed by atoms with Gasteiger partial charge >= 0.3 is 0 Å². The normalized spacial score (nSPS) is 10.8. The van der Waals surface area contributed by atoms with Crippen LogP contribution in [0.2, 0.25) is 10.0 Å². The van der Waals surface area contributed by atoms with Gasteiger partial charge in [-0.2, -0.15) is 5.10 Å². The van der Waals surface area contributed by atoms with Gasteiger partial charge in [0, 0.05) is 13.3 Å². The number of carbonyl (C=O) groups is 1. The molecule has 1 amide bonds. The van der Waals surface area contributed by atoms with E-state index in [-0.39, 0.29) is 18.4 Å². The summed E-state index contributed by atoms with van der Waals surface area (Å²) in [5.74, 6) is -0.214. The second-order valence-corrected chi connectivity index (χ2v) is 5.94. The summed E-state index contributed by atoms with van der Waals surface area (Å²) >= 11 is 11.9. The molecule has 2 aromatic heterocycles. The first-order chi connectivity index (χ1) is 12.0. The summed E-state index contributed by atoms with van der Waals surface area (Å²) in [7, 11) is 1.55. The first-order valence-electron chi connectivity index (χ1n) is 7.22. The van der Waals surface area contributed by atoms with Crippen LogP contribution in [0.3, 0.4) is 0 Å². The van der Waals surface area contributed by atoms with E-state index in [0.717, 1.165) is 5.56 Å². The van der Waals surface area contributed by atoms with Gasteiger partial charge in [-0.3, -0.25) is 10.1 Å². The van der Waals surface area contributed by atoms with Crippen molar-refractivity contribution in [2.24, 2.45) is 0 Å². The molecule has 2 heterocycles. The van der Waals surface area contributed by atoms with Gasteiger partial charge < -0.3 is 4.74 Å². The van der Waals surface area contributed by atoms with Crippen LogP contribution in [0.15, 0.2) is 36.8 Å². The molecule has 0 spiro atoms. The highest BCUT2D eigenvalue weighted by Gasteiger charge is 2.12. The number of ether oxygens (including phenoxy) is 1. The molecule has 0 aliphatic rings. The minimum absolute atomic E-state index is 0.186. The minimum Gasteiger partial charge on any atom is -0.362 e. The fraction of sp³-hybridized carbons (Fsp3) is 0.200. The van der Waals surface area contributed by atoms with Crippen LogP contribution in [-0.2, 0) is 18.0 Å². The molecular weight excluding hydrogens is 367 g/mol. The number of rotatable bonds is 6. The third-order valence-electron chi connectivity index (χ3n) is 3.23. The van der Waals surface area contributed by atoms with Crippen molar-refractivity contribution in [3.63, 3.8) is 0 Å². The number of halogens is 2. The van der Waals surface area contributed by atoms with Crippen molar-refractivity contribution in [3.05, 3.63) is 58.1 Å². The SMILES string of the molecule is COCn1ccc(C(=O)Nc2ncn(Cc3ccc(Cl)c(Cl)c3)n2)n1. The van der Waals surface area contributed by atoms with E-state index in [9.17, 15) is 4.79 Å². The van der Waals surface area contributed by atoms with E-state index in [1.807, 2.05) is 6.07 Å². The molecule has 0 unspecified atom stereocenters. The van der Waals surface area contributed by atoms with E-state index in [1.165, 1.54) is 11.0 Å². The molecule has 8 nitrogen and oxygen atoms in total. The summed E-state index contributed by atoms with van der Waals surface area (Å²) in [6.07, 6.45) is 3.16. The van der Waals surface area contributed by atoms with Crippen molar-refractivity contribution in [2.45, 2.75) is 13.3 Å². The highest BCUT2D eigenvalue weighted by molar-refractivity contribution is 6.42. The van der Waals surface area contributed by atoms with Gasteiger partial charge in [-0.05, 0) is 23.8 Å². The van der Waals surface area contributed by atoms with E-state index in [0.29, 0.717) is 16.6 Å². The van der Waals surface area contributed by atoms with Crippen LogP contribution in [0.25, 0.3) is 0 Å². The predicted molar refractivity (Wildman–Crippen MR) is 92.8 cm³/mol. The third-order valence-corrected chi connectivity index (χ3v) is 3.96. The Bertz CT molecular complexity index is 892. The van der Waals surface area contributed by atoms with Crippen LogP contribution in [0.4, 0.5) is 5.95 Å². The Morgan fingerprint density at radius 1 is 1.20 bits per heavy atom. The van der Waals surface area contributed by atoms with E-state index in [1.54, 1.807) is 36.2 Å². The molecular formula is C15H14Cl2N6O2. The van der Waals surface area contributed by atoms with E-state index in [4.69, 9.17) is 27.9 Å². The summed E-state index contributed by atoms with van der Waals surface area (Å²) in [6.45, 7) is 0.714. The summed E-state index contributed by atoms with van der Waals surface area (Å²) in [4.78, 5) is 16.2. The van der Waals surface area contributed by atoms with Crippen LogP contribution >= 0.6 is 23.2 Å². The van der Waals surface area contributed by atoms with Crippen LogP contribution in [0.1, 0.15) is 16.1 Å². The van der Waals surface area contributed by atoms with Crippen LogP contribution in [0.5, 0.6) is 0 Å². The predicted octanol–water partition coefficient (Wildman–Crippen LogP) is 2.69. The van der Waals surface area contributed by atoms with Gasteiger partial charge in [-0.1, -0.05) is 29.3 Å². The number of nitrogens with one attached hydrogen (secondary N) is 1. The molecule has 3 aromatic rings. The highest BCUT2D eigenvalue weighted by atomic mass is 35.5. The van der Waals surface area contributed by atoms with Gasteiger partial charge in [-0.15, -0.1) is 5.10 Å². The van der Waals surface area contributed by atoms with Crippen molar-refractivity contribution >= 4 is 35.1 Å². The Labute approximate surface area is 153 Å². The van der Waals surface area contributed by atoms with Gasteiger partial charge in [-0.25, -0.2) is 14.3 Å². The largest absolute Gasteiger partial charge is 0.362 e. The molecule has 0 aliphatic heterocycles. The van der Waals surface area contributed by atoms with E-state index in [2.05, 4.69) is 20.5 Å². The Hall–Kier alpha value is -2.42. The molecule has 0 bridgehead atoms. The number of amides is 1. The summed E-state index contributed by atoms with van der Waals surface area (Å²) in [6, 6.07) is 6.90. The van der Waals surface area contributed by atoms with Gasteiger partial charge in [0.2, 0.25) is 5.95 Å². The fourth-order valence-corrected chi connectivity index (χ4v) is 2.43. The first-order valence-corrected chi connectivity index (χ1v) is 7.98. The molecule has 0 aliphatic carbocycles. The van der Waals surface area contributed by atoms with Crippen molar-refractivity contribution in [3.8, 4) is 0 Å². The lowest BCUT2D eigenvalue weighted by Gasteiger charge is -2.03. The molecule has 1 N–H and O–H groups in total. The van der Waals surface area contributed by atoms with Crippen molar-refractivity contribution < 1.29 is 9.53 Å². The number of benzene rings is 1. The molecule has 130 valence electrons.